The smallest absolute Gasteiger partial charge is 0.306 e. The fourth-order valence-corrected chi connectivity index (χ4v) is 9.49. The highest BCUT2D eigenvalue weighted by Gasteiger charge is 2.19. The number of unbranched alkanes of at least 4 members (excludes halogenated alkanes) is 42. The Morgan fingerprint density at radius 1 is 0.274 bits per heavy atom. The molecular weight excluding hydrogens is 901 g/mol. The number of hydrogen-bond donors (Lipinski definition) is 0. The van der Waals surface area contributed by atoms with Crippen molar-refractivity contribution in [1.82, 2.24) is 0 Å². The van der Waals surface area contributed by atoms with E-state index in [1.54, 1.807) is 0 Å². The Morgan fingerprint density at radius 2 is 0.479 bits per heavy atom. The zero-order chi connectivity index (χ0) is 52.9. The number of carbonyl (C=O) groups excluding carboxylic acids is 3. The number of hydrogen-bond acceptors (Lipinski definition) is 6. The first kappa shape index (κ1) is 70.4. The zero-order valence-electron chi connectivity index (χ0n) is 48.9. The van der Waals surface area contributed by atoms with Gasteiger partial charge in [0.1, 0.15) is 13.2 Å². The molecule has 0 spiro atoms. The normalized spacial score (nSPS) is 12.3. The molecule has 426 valence electrons. The summed E-state index contributed by atoms with van der Waals surface area (Å²) in [7, 11) is 0. The molecular formula is C67H122O6. The van der Waals surface area contributed by atoms with Gasteiger partial charge in [-0.3, -0.25) is 14.4 Å². The van der Waals surface area contributed by atoms with E-state index in [0.29, 0.717) is 19.3 Å². The summed E-state index contributed by atoms with van der Waals surface area (Å²) in [4.78, 5) is 38.3. The van der Waals surface area contributed by atoms with Gasteiger partial charge in [0.05, 0.1) is 0 Å². The maximum absolute atomic E-state index is 12.9. The molecule has 0 radical (unpaired) electrons. The molecule has 0 heterocycles. The molecule has 0 rings (SSSR count). The molecule has 0 bridgehead atoms. The molecule has 0 fully saturated rings. The van der Waals surface area contributed by atoms with Gasteiger partial charge in [0.2, 0.25) is 0 Å². The van der Waals surface area contributed by atoms with Crippen molar-refractivity contribution in [3.05, 3.63) is 48.6 Å². The van der Waals surface area contributed by atoms with E-state index in [1.165, 1.54) is 205 Å². The first-order valence-electron chi connectivity index (χ1n) is 32.2. The van der Waals surface area contributed by atoms with Gasteiger partial charge in [0.15, 0.2) is 6.10 Å². The molecule has 0 aliphatic carbocycles. The van der Waals surface area contributed by atoms with Crippen molar-refractivity contribution in [2.24, 2.45) is 0 Å². The quantitative estimate of drug-likeness (QED) is 0.0261. The number of esters is 3. The van der Waals surface area contributed by atoms with Crippen LogP contribution in [0, 0.1) is 0 Å². The van der Waals surface area contributed by atoms with Gasteiger partial charge in [-0.1, -0.05) is 301 Å². The van der Waals surface area contributed by atoms with Gasteiger partial charge < -0.3 is 14.2 Å². The van der Waals surface area contributed by atoms with E-state index >= 15 is 0 Å². The summed E-state index contributed by atoms with van der Waals surface area (Å²) in [6.07, 6.45) is 76.8. The minimum atomic E-state index is -0.787. The maximum Gasteiger partial charge on any atom is 0.306 e. The standard InChI is InChI=1S/C67H122O6/c1-4-7-10-13-16-19-22-25-28-31-34-37-39-42-45-48-51-54-57-60-66(69)72-63-64(73-67(70)61-58-55-52-49-46-43-40-36-33-30-27-24-21-18-15-12-9-6-3)62-71-65(68)59-56-53-50-47-44-41-38-35-32-29-26-23-20-17-14-11-8-5-2/h29-30,32-33,35-36,38,40,64H,4-28,31,34,37,39,41-63H2,1-3H3/b32-29-,33-30-,38-35-,40-36-. The molecule has 1 atom stereocenters. The largest absolute Gasteiger partial charge is 0.462 e. The Balaban J connectivity index is 4.39. The van der Waals surface area contributed by atoms with E-state index in [9.17, 15) is 14.4 Å². The van der Waals surface area contributed by atoms with Crippen molar-refractivity contribution in [1.29, 1.82) is 0 Å². The SMILES string of the molecule is CCCCCCCCC/C=C\C=C/CCCCCCCC(=O)OCC(COC(=O)CCCCCCCCCCCCCCCCCCCCC)OC(=O)CCCCCCC/C=C\C=C/CCCCCCCCC. The number of ether oxygens (including phenoxy) is 3. The Bertz CT molecular complexity index is 1270. The molecule has 73 heavy (non-hydrogen) atoms. The van der Waals surface area contributed by atoms with Crippen molar-refractivity contribution in [2.45, 2.75) is 348 Å². The van der Waals surface area contributed by atoms with Crippen LogP contribution in [-0.2, 0) is 28.6 Å². The summed E-state index contributed by atoms with van der Waals surface area (Å²) in [6, 6.07) is 0. The Kier molecular flexibility index (Phi) is 59.7. The van der Waals surface area contributed by atoms with Gasteiger partial charge in [-0.15, -0.1) is 0 Å². The van der Waals surface area contributed by atoms with Crippen LogP contribution in [0.1, 0.15) is 342 Å². The molecule has 0 aliphatic heterocycles. The van der Waals surface area contributed by atoms with Crippen LogP contribution in [0.25, 0.3) is 0 Å². The van der Waals surface area contributed by atoms with Gasteiger partial charge in [0, 0.05) is 19.3 Å². The predicted octanol–water partition coefficient (Wildman–Crippen LogP) is 21.8. The summed E-state index contributed by atoms with van der Waals surface area (Å²) in [6.45, 7) is 6.66. The molecule has 1 unspecified atom stereocenters. The lowest BCUT2D eigenvalue weighted by molar-refractivity contribution is -0.167. The topological polar surface area (TPSA) is 78.9 Å². The highest BCUT2D eigenvalue weighted by atomic mass is 16.6. The average Bonchev–Trinajstić information content (AvgIpc) is 3.39. The lowest BCUT2D eigenvalue weighted by Gasteiger charge is -2.18. The molecule has 0 amide bonds. The van der Waals surface area contributed by atoms with Crippen molar-refractivity contribution in [3.63, 3.8) is 0 Å². The maximum atomic E-state index is 12.9. The first-order valence-corrected chi connectivity index (χ1v) is 32.2. The lowest BCUT2D eigenvalue weighted by atomic mass is 10.0. The van der Waals surface area contributed by atoms with E-state index in [-0.39, 0.29) is 31.1 Å². The minimum Gasteiger partial charge on any atom is -0.462 e. The highest BCUT2D eigenvalue weighted by molar-refractivity contribution is 5.71. The van der Waals surface area contributed by atoms with Crippen LogP contribution in [0.3, 0.4) is 0 Å². The van der Waals surface area contributed by atoms with Crippen LogP contribution < -0.4 is 0 Å². The van der Waals surface area contributed by atoms with E-state index in [1.807, 2.05) is 0 Å². The second-order valence-corrected chi connectivity index (χ2v) is 21.7. The van der Waals surface area contributed by atoms with Crippen LogP contribution in [0.15, 0.2) is 48.6 Å². The molecule has 6 heteroatoms. The molecule has 0 N–H and O–H groups in total. The van der Waals surface area contributed by atoms with Gasteiger partial charge in [-0.25, -0.2) is 0 Å². The second-order valence-electron chi connectivity index (χ2n) is 21.7. The summed E-state index contributed by atoms with van der Waals surface area (Å²) in [5.74, 6) is -0.891. The number of allylic oxidation sites excluding steroid dienone is 8. The molecule has 0 aromatic carbocycles. The third kappa shape index (κ3) is 60.1. The third-order valence-electron chi connectivity index (χ3n) is 14.4. The molecule has 0 aromatic rings. The lowest BCUT2D eigenvalue weighted by Crippen LogP contribution is -2.30. The minimum absolute atomic E-state index is 0.0811. The summed E-state index contributed by atoms with van der Waals surface area (Å²) >= 11 is 0. The molecule has 0 aliphatic rings. The van der Waals surface area contributed by atoms with Crippen molar-refractivity contribution in [2.75, 3.05) is 13.2 Å². The second kappa shape index (κ2) is 61.9. The van der Waals surface area contributed by atoms with Gasteiger partial charge in [0.25, 0.3) is 0 Å². The van der Waals surface area contributed by atoms with Gasteiger partial charge >= 0.3 is 17.9 Å². The van der Waals surface area contributed by atoms with E-state index < -0.39 is 6.10 Å². The predicted molar refractivity (Wildman–Crippen MR) is 316 cm³/mol. The van der Waals surface area contributed by atoms with E-state index in [4.69, 9.17) is 14.2 Å². The fourth-order valence-electron chi connectivity index (χ4n) is 9.49. The molecule has 0 saturated heterocycles. The Hall–Kier alpha value is -2.63. The van der Waals surface area contributed by atoms with E-state index in [0.717, 1.165) is 96.3 Å². The molecule has 0 saturated carbocycles. The molecule has 6 nitrogen and oxygen atoms in total. The van der Waals surface area contributed by atoms with Crippen molar-refractivity contribution < 1.29 is 28.6 Å². The van der Waals surface area contributed by atoms with Gasteiger partial charge in [-0.2, -0.15) is 0 Å². The fraction of sp³-hybridized carbons (Fsp3) is 0.836. The Morgan fingerprint density at radius 3 is 0.726 bits per heavy atom. The average molecular weight is 1020 g/mol. The van der Waals surface area contributed by atoms with E-state index in [2.05, 4.69) is 69.4 Å². The van der Waals surface area contributed by atoms with Crippen LogP contribution in [-0.4, -0.2) is 37.2 Å². The van der Waals surface area contributed by atoms with Crippen molar-refractivity contribution >= 4 is 17.9 Å². The third-order valence-corrected chi connectivity index (χ3v) is 14.4. The van der Waals surface area contributed by atoms with Crippen LogP contribution in [0.2, 0.25) is 0 Å². The summed E-state index contributed by atoms with van der Waals surface area (Å²) < 4.78 is 16.9. The van der Waals surface area contributed by atoms with Gasteiger partial charge in [-0.05, 0) is 70.6 Å². The summed E-state index contributed by atoms with van der Waals surface area (Å²) in [5, 5.41) is 0. The highest BCUT2D eigenvalue weighted by Crippen LogP contribution is 2.17. The Labute approximate surface area is 454 Å². The summed E-state index contributed by atoms with van der Waals surface area (Å²) in [5.41, 5.74) is 0. The molecule has 0 aromatic heterocycles. The van der Waals surface area contributed by atoms with Crippen molar-refractivity contribution in [3.8, 4) is 0 Å². The number of carbonyl (C=O) groups is 3. The van der Waals surface area contributed by atoms with Crippen LogP contribution >= 0.6 is 0 Å². The zero-order valence-corrected chi connectivity index (χ0v) is 48.9. The van der Waals surface area contributed by atoms with Crippen LogP contribution in [0.5, 0.6) is 0 Å². The number of rotatable bonds is 59. The monoisotopic (exact) mass is 1020 g/mol. The van der Waals surface area contributed by atoms with Crippen LogP contribution in [0.4, 0.5) is 0 Å². The first-order chi connectivity index (χ1) is 36.0.